The molecule has 0 radical (unpaired) electrons. The normalized spacial score (nSPS) is 14.1. The van der Waals surface area contributed by atoms with Crippen LogP contribution in [0.15, 0.2) is 48.9 Å². The second-order valence-electron chi connectivity index (χ2n) is 10.5. The molecule has 1 aliphatic carbocycles. The maximum absolute atomic E-state index is 13.8. The van der Waals surface area contributed by atoms with E-state index < -0.39 is 12.2 Å². The van der Waals surface area contributed by atoms with E-state index in [2.05, 4.69) is 30.7 Å². The number of halogens is 2. The summed E-state index contributed by atoms with van der Waals surface area (Å²) in [5.41, 5.74) is 2.17. The first-order valence-corrected chi connectivity index (χ1v) is 14.4. The van der Waals surface area contributed by atoms with Gasteiger partial charge in [0.1, 0.15) is 34.7 Å². The zero-order chi connectivity index (χ0) is 31.3. The summed E-state index contributed by atoms with van der Waals surface area (Å²) in [5, 5.41) is 10.4. The molecule has 1 amide bonds. The Balaban J connectivity index is 1.19. The van der Waals surface area contributed by atoms with Gasteiger partial charge in [-0.3, -0.25) is 0 Å². The van der Waals surface area contributed by atoms with Gasteiger partial charge >= 0.3 is 6.09 Å². The minimum absolute atomic E-state index is 0.0248. The number of amides is 1. The van der Waals surface area contributed by atoms with E-state index in [-0.39, 0.29) is 37.1 Å². The van der Waals surface area contributed by atoms with E-state index in [1.807, 2.05) is 6.07 Å². The lowest BCUT2D eigenvalue weighted by Crippen LogP contribution is -2.42. The number of nitrogens with one attached hydrogen (secondary N) is 2. The van der Waals surface area contributed by atoms with E-state index in [4.69, 9.17) is 18.9 Å². The summed E-state index contributed by atoms with van der Waals surface area (Å²) < 4.78 is 51.2. The molecular formula is C30H32F2N8O5. The molecule has 0 bridgehead atoms. The Morgan fingerprint density at radius 2 is 1.84 bits per heavy atom. The monoisotopic (exact) mass is 622 g/mol. The number of hydrogen-bond donors (Lipinski definition) is 2. The van der Waals surface area contributed by atoms with Gasteiger partial charge < -0.3 is 34.5 Å². The SMILES string of the molecule is COc1ccc(CNc2cc(Nc3cc(OC4CC4)c(-c4cnn(COC(=O)N5CCC5)c4)cn3)nc(C(F)F)n2)c(OC)c1. The summed E-state index contributed by atoms with van der Waals surface area (Å²) in [6.45, 7) is 1.63. The van der Waals surface area contributed by atoms with E-state index in [9.17, 15) is 13.6 Å². The molecule has 2 aliphatic rings. The fourth-order valence-corrected chi connectivity index (χ4v) is 4.50. The lowest BCUT2D eigenvalue weighted by atomic mass is 10.1. The molecule has 2 fully saturated rings. The van der Waals surface area contributed by atoms with Gasteiger partial charge in [0.05, 0.1) is 26.5 Å². The van der Waals surface area contributed by atoms with E-state index >= 15 is 0 Å². The molecule has 1 saturated carbocycles. The van der Waals surface area contributed by atoms with Crippen LogP contribution < -0.4 is 24.8 Å². The molecule has 15 heteroatoms. The average Bonchev–Trinajstić information content (AvgIpc) is 3.71. The van der Waals surface area contributed by atoms with Crippen molar-refractivity contribution in [3.8, 4) is 28.4 Å². The van der Waals surface area contributed by atoms with Crippen LogP contribution in [0.25, 0.3) is 11.1 Å². The number of alkyl halides is 2. The molecule has 6 rings (SSSR count). The third-order valence-electron chi connectivity index (χ3n) is 7.21. The highest BCUT2D eigenvalue weighted by Crippen LogP contribution is 2.36. The summed E-state index contributed by atoms with van der Waals surface area (Å²) in [6, 6.07) is 8.54. The van der Waals surface area contributed by atoms with Crippen LogP contribution in [-0.2, 0) is 18.0 Å². The molecule has 13 nitrogen and oxygen atoms in total. The van der Waals surface area contributed by atoms with E-state index in [1.54, 1.807) is 48.8 Å². The van der Waals surface area contributed by atoms with Gasteiger partial charge in [0.25, 0.3) is 6.43 Å². The number of aromatic nitrogens is 5. The number of carbonyl (C=O) groups is 1. The van der Waals surface area contributed by atoms with Crippen LogP contribution in [0.2, 0.25) is 0 Å². The number of benzene rings is 1. The highest BCUT2D eigenvalue weighted by atomic mass is 19.3. The predicted molar refractivity (Wildman–Crippen MR) is 159 cm³/mol. The minimum Gasteiger partial charge on any atom is -0.497 e. The zero-order valence-electron chi connectivity index (χ0n) is 24.7. The zero-order valence-corrected chi connectivity index (χ0v) is 24.7. The van der Waals surface area contributed by atoms with Crippen molar-refractivity contribution < 1.29 is 32.5 Å². The summed E-state index contributed by atoms with van der Waals surface area (Å²) in [7, 11) is 3.10. The van der Waals surface area contributed by atoms with Gasteiger partial charge in [0.2, 0.25) is 0 Å². The van der Waals surface area contributed by atoms with Crippen molar-refractivity contribution in [2.24, 2.45) is 0 Å². The fraction of sp³-hybridized carbons (Fsp3) is 0.367. The van der Waals surface area contributed by atoms with Crippen LogP contribution in [-0.4, -0.2) is 69.1 Å². The van der Waals surface area contributed by atoms with Gasteiger partial charge in [-0.15, -0.1) is 0 Å². The molecule has 45 heavy (non-hydrogen) atoms. The van der Waals surface area contributed by atoms with Crippen molar-refractivity contribution in [3.05, 3.63) is 60.3 Å². The first-order valence-electron chi connectivity index (χ1n) is 14.4. The quantitative estimate of drug-likeness (QED) is 0.199. The molecule has 0 spiro atoms. The first kappa shape index (κ1) is 29.8. The Morgan fingerprint density at radius 1 is 1.02 bits per heavy atom. The van der Waals surface area contributed by atoms with E-state index in [0.29, 0.717) is 47.3 Å². The number of rotatable bonds is 13. The Bertz CT molecular complexity index is 1660. The van der Waals surface area contributed by atoms with Gasteiger partial charge in [0.15, 0.2) is 12.6 Å². The number of methoxy groups -OCH3 is 2. The third-order valence-corrected chi connectivity index (χ3v) is 7.21. The predicted octanol–water partition coefficient (Wildman–Crippen LogP) is 5.39. The van der Waals surface area contributed by atoms with Crippen LogP contribution in [0.1, 0.15) is 37.1 Å². The topological polar surface area (TPSA) is 138 Å². The van der Waals surface area contributed by atoms with E-state index in [1.165, 1.54) is 17.9 Å². The van der Waals surface area contributed by atoms with E-state index in [0.717, 1.165) is 24.8 Å². The highest BCUT2D eigenvalue weighted by molar-refractivity contribution is 5.72. The second kappa shape index (κ2) is 13.2. The van der Waals surface area contributed by atoms with Gasteiger partial charge in [-0.05, 0) is 31.4 Å². The maximum atomic E-state index is 13.8. The smallest absolute Gasteiger partial charge is 0.411 e. The van der Waals surface area contributed by atoms with Crippen molar-refractivity contribution in [2.45, 2.75) is 45.1 Å². The van der Waals surface area contributed by atoms with Crippen LogP contribution in [0.5, 0.6) is 17.2 Å². The van der Waals surface area contributed by atoms with Crippen LogP contribution in [0.3, 0.4) is 0 Å². The molecule has 4 heterocycles. The fourth-order valence-electron chi connectivity index (χ4n) is 4.50. The largest absolute Gasteiger partial charge is 0.497 e. The molecule has 1 saturated heterocycles. The number of pyridine rings is 1. The number of ether oxygens (including phenoxy) is 4. The Hall–Kier alpha value is -5.21. The molecule has 3 aromatic heterocycles. The number of anilines is 3. The number of nitrogens with zero attached hydrogens (tertiary/aromatic N) is 6. The Kier molecular flexibility index (Phi) is 8.75. The Morgan fingerprint density at radius 3 is 2.56 bits per heavy atom. The van der Waals surface area contributed by atoms with Crippen molar-refractivity contribution in [1.29, 1.82) is 0 Å². The minimum atomic E-state index is -2.89. The Labute approximate surface area is 257 Å². The standard InChI is InChI=1S/C30H32F2N8O5/c1-42-21-5-4-18(23(10-21)43-2)13-33-26-12-27(38-29(37-26)28(31)32)36-25-11-24(45-20-6-7-20)22(15-34-25)19-14-35-40(16-19)17-44-30(41)39-8-3-9-39/h4-5,10-12,14-16,20,28H,3,6-9,13,17H2,1-2H3,(H2,33,34,36,37,38). The molecule has 0 atom stereocenters. The molecule has 236 valence electrons. The summed E-state index contributed by atoms with van der Waals surface area (Å²) in [6.07, 6.45) is 4.62. The van der Waals surface area contributed by atoms with Crippen molar-refractivity contribution in [3.63, 3.8) is 0 Å². The molecule has 2 N–H and O–H groups in total. The van der Waals surface area contributed by atoms with Gasteiger partial charge in [0, 0.05) is 66.9 Å². The summed E-state index contributed by atoms with van der Waals surface area (Å²) in [5.74, 6) is 1.76. The second-order valence-corrected chi connectivity index (χ2v) is 10.5. The summed E-state index contributed by atoms with van der Waals surface area (Å²) >= 11 is 0. The number of carbonyl (C=O) groups excluding carboxylic acids is 1. The van der Waals surface area contributed by atoms with Crippen LogP contribution >= 0.6 is 0 Å². The molecule has 4 aromatic rings. The van der Waals surface area contributed by atoms with Gasteiger partial charge in [-0.25, -0.2) is 33.2 Å². The van der Waals surface area contributed by atoms with Crippen molar-refractivity contribution in [2.75, 3.05) is 37.9 Å². The molecule has 0 unspecified atom stereocenters. The van der Waals surface area contributed by atoms with Crippen LogP contribution in [0, 0.1) is 0 Å². The van der Waals surface area contributed by atoms with Gasteiger partial charge in [-0.1, -0.05) is 0 Å². The lowest BCUT2D eigenvalue weighted by Gasteiger charge is -2.29. The highest BCUT2D eigenvalue weighted by Gasteiger charge is 2.26. The number of likely N-dealkylation sites (tertiary alicyclic amines) is 1. The lowest BCUT2D eigenvalue weighted by molar-refractivity contribution is 0.0541. The maximum Gasteiger partial charge on any atom is 0.411 e. The van der Waals surface area contributed by atoms with Crippen molar-refractivity contribution in [1.82, 2.24) is 29.6 Å². The third kappa shape index (κ3) is 7.30. The molecule has 1 aromatic carbocycles. The van der Waals surface area contributed by atoms with Crippen molar-refractivity contribution >= 4 is 23.5 Å². The number of hydrogen-bond acceptors (Lipinski definition) is 11. The van der Waals surface area contributed by atoms with Gasteiger partial charge in [-0.2, -0.15) is 5.10 Å². The molecule has 1 aliphatic heterocycles. The average molecular weight is 623 g/mol. The van der Waals surface area contributed by atoms with Crippen LogP contribution in [0.4, 0.5) is 31.0 Å². The first-order chi connectivity index (χ1) is 21.9. The summed E-state index contributed by atoms with van der Waals surface area (Å²) in [4.78, 5) is 26.1. The molecular weight excluding hydrogens is 590 g/mol.